The third kappa shape index (κ3) is 2.62. The van der Waals surface area contributed by atoms with E-state index in [1.807, 2.05) is 0 Å². The Hall–Kier alpha value is -2.01. The number of ether oxygens (including phenoxy) is 1. The Morgan fingerprint density at radius 3 is 2.78 bits per heavy atom. The van der Waals surface area contributed by atoms with E-state index in [1.54, 1.807) is 0 Å². The van der Waals surface area contributed by atoms with Gasteiger partial charge in [-0.2, -0.15) is 0 Å². The smallest absolute Gasteiger partial charge is 0.291 e. The summed E-state index contributed by atoms with van der Waals surface area (Å²) in [4.78, 5) is 11.8. The van der Waals surface area contributed by atoms with Gasteiger partial charge in [-0.15, -0.1) is 0 Å². The molecule has 0 aliphatic heterocycles. The number of hydrogen-bond acceptors (Lipinski definition) is 3. The van der Waals surface area contributed by atoms with Crippen LogP contribution in [-0.2, 0) is 0 Å². The first-order chi connectivity index (χ1) is 8.60. The van der Waals surface area contributed by atoms with Crippen LogP contribution < -0.4 is 10.1 Å². The molecule has 1 aromatic heterocycles. The number of anilines is 1. The number of carbonyl (C=O) groups is 1. The molecule has 1 N–H and O–H groups in total. The van der Waals surface area contributed by atoms with Crippen LogP contribution in [0, 0.1) is 5.82 Å². The minimum absolute atomic E-state index is 0.0615. The van der Waals surface area contributed by atoms with E-state index in [9.17, 15) is 9.18 Å². The fourth-order valence-electron chi connectivity index (χ4n) is 1.39. The van der Waals surface area contributed by atoms with E-state index >= 15 is 0 Å². The lowest BCUT2D eigenvalue weighted by atomic mass is 10.2. The summed E-state index contributed by atoms with van der Waals surface area (Å²) >= 11 is 5.57. The maximum absolute atomic E-state index is 13.0. The van der Waals surface area contributed by atoms with Gasteiger partial charge in [-0.25, -0.2) is 4.39 Å². The Morgan fingerprint density at radius 2 is 2.17 bits per heavy atom. The van der Waals surface area contributed by atoms with E-state index < -0.39 is 11.7 Å². The molecule has 0 spiro atoms. The standard InChI is InChI=1S/C12H9ClFNO3/c1-17-10-6-7(14)2-3-8(10)15-12(16)9-4-5-11(13)18-9/h2-6H,1H3,(H,15,16). The van der Waals surface area contributed by atoms with Gasteiger partial charge in [0, 0.05) is 6.07 Å². The summed E-state index contributed by atoms with van der Waals surface area (Å²) in [6.07, 6.45) is 0. The third-order valence-electron chi connectivity index (χ3n) is 2.21. The Bertz CT molecular complexity index is 582. The van der Waals surface area contributed by atoms with Crippen molar-refractivity contribution < 1.29 is 18.3 Å². The van der Waals surface area contributed by atoms with Crippen LogP contribution in [0.15, 0.2) is 34.7 Å². The number of hydrogen-bond donors (Lipinski definition) is 1. The minimum atomic E-state index is -0.494. The molecule has 0 unspecified atom stereocenters. The van der Waals surface area contributed by atoms with Gasteiger partial charge in [-0.1, -0.05) is 0 Å². The molecule has 2 rings (SSSR count). The van der Waals surface area contributed by atoms with Crippen molar-refractivity contribution in [1.82, 2.24) is 0 Å². The van der Waals surface area contributed by atoms with Gasteiger partial charge >= 0.3 is 0 Å². The zero-order chi connectivity index (χ0) is 13.1. The number of halogens is 2. The summed E-state index contributed by atoms with van der Waals surface area (Å²) in [7, 11) is 1.38. The maximum atomic E-state index is 13.0. The Labute approximate surface area is 107 Å². The molecule has 0 saturated heterocycles. The van der Waals surface area contributed by atoms with Crippen molar-refractivity contribution in [2.75, 3.05) is 12.4 Å². The summed E-state index contributed by atoms with van der Waals surface area (Å²) in [5, 5.41) is 2.65. The molecule has 1 aromatic carbocycles. The van der Waals surface area contributed by atoms with Gasteiger partial charge in [0.2, 0.25) is 0 Å². The molecule has 1 amide bonds. The summed E-state index contributed by atoms with van der Waals surface area (Å²) < 4.78 is 22.9. The summed E-state index contributed by atoms with van der Waals surface area (Å²) in [6.45, 7) is 0. The molecule has 2 aromatic rings. The molecule has 94 valence electrons. The largest absolute Gasteiger partial charge is 0.494 e. The van der Waals surface area contributed by atoms with Crippen molar-refractivity contribution in [3.8, 4) is 5.75 Å². The molecule has 4 nitrogen and oxygen atoms in total. The predicted octanol–water partition coefficient (Wildman–Crippen LogP) is 3.33. The van der Waals surface area contributed by atoms with E-state index in [-0.39, 0.29) is 16.7 Å². The van der Waals surface area contributed by atoms with Gasteiger partial charge in [0.1, 0.15) is 11.6 Å². The number of amides is 1. The van der Waals surface area contributed by atoms with Crippen molar-refractivity contribution >= 4 is 23.2 Å². The summed E-state index contributed by atoms with van der Waals surface area (Å²) in [6, 6.07) is 6.68. The highest BCUT2D eigenvalue weighted by Crippen LogP contribution is 2.25. The maximum Gasteiger partial charge on any atom is 0.291 e. The Balaban J connectivity index is 2.21. The van der Waals surface area contributed by atoms with Gasteiger partial charge in [0.05, 0.1) is 12.8 Å². The highest BCUT2D eigenvalue weighted by molar-refractivity contribution is 6.29. The van der Waals surface area contributed by atoms with Crippen molar-refractivity contribution in [3.63, 3.8) is 0 Å². The predicted molar refractivity (Wildman–Crippen MR) is 64.6 cm³/mol. The fourth-order valence-corrected chi connectivity index (χ4v) is 1.53. The zero-order valence-corrected chi connectivity index (χ0v) is 10.1. The van der Waals surface area contributed by atoms with Crippen LogP contribution in [0.3, 0.4) is 0 Å². The van der Waals surface area contributed by atoms with E-state index in [4.69, 9.17) is 20.8 Å². The number of carbonyl (C=O) groups excluding carboxylic acids is 1. The summed E-state index contributed by atoms with van der Waals surface area (Å²) in [5.41, 5.74) is 0.344. The molecule has 0 bridgehead atoms. The molecule has 0 aliphatic carbocycles. The lowest BCUT2D eigenvalue weighted by Gasteiger charge is -2.08. The van der Waals surface area contributed by atoms with E-state index in [2.05, 4.69) is 5.32 Å². The van der Waals surface area contributed by atoms with Crippen molar-refractivity contribution in [2.45, 2.75) is 0 Å². The van der Waals surface area contributed by atoms with Crippen LogP contribution in [0.1, 0.15) is 10.6 Å². The van der Waals surface area contributed by atoms with Crippen LogP contribution in [0.25, 0.3) is 0 Å². The highest BCUT2D eigenvalue weighted by atomic mass is 35.5. The molecule has 1 heterocycles. The van der Waals surface area contributed by atoms with E-state index in [0.29, 0.717) is 5.69 Å². The second-order valence-electron chi connectivity index (χ2n) is 3.40. The highest BCUT2D eigenvalue weighted by Gasteiger charge is 2.13. The molecule has 0 fully saturated rings. The number of methoxy groups -OCH3 is 1. The van der Waals surface area contributed by atoms with Gasteiger partial charge in [0.15, 0.2) is 11.0 Å². The van der Waals surface area contributed by atoms with Crippen LogP contribution >= 0.6 is 11.6 Å². The molecule has 18 heavy (non-hydrogen) atoms. The fraction of sp³-hybridized carbons (Fsp3) is 0.0833. The minimum Gasteiger partial charge on any atom is -0.494 e. The Morgan fingerprint density at radius 1 is 1.39 bits per heavy atom. The average Bonchev–Trinajstić information content (AvgIpc) is 2.78. The van der Waals surface area contributed by atoms with Crippen molar-refractivity contribution in [2.24, 2.45) is 0 Å². The van der Waals surface area contributed by atoms with Crippen LogP contribution in [0.4, 0.5) is 10.1 Å². The van der Waals surface area contributed by atoms with Crippen LogP contribution in [-0.4, -0.2) is 13.0 Å². The normalized spacial score (nSPS) is 10.2. The third-order valence-corrected chi connectivity index (χ3v) is 2.41. The quantitative estimate of drug-likeness (QED) is 0.930. The van der Waals surface area contributed by atoms with E-state index in [1.165, 1.54) is 37.4 Å². The zero-order valence-electron chi connectivity index (χ0n) is 9.37. The molecule has 0 radical (unpaired) electrons. The first-order valence-corrected chi connectivity index (χ1v) is 5.38. The molecule has 0 atom stereocenters. The number of furan rings is 1. The molecule has 6 heteroatoms. The molecular weight excluding hydrogens is 261 g/mol. The van der Waals surface area contributed by atoms with Gasteiger partial charge in [0.25, 0.3) is 5.91 Å². The summed E-state index contributed by atoms with van der Waals surface area (Å²) in [5.74, 6) is -0.662. The lowest BCUT2D eigenvalue weighted by Crippen LogP contribution is -2.11. The first kappa shape index (κ1) is 12.4. The number of benzene rings is 1. The van der Waals surface area contributed by atoms with Gasteiger partial charge < -0.3 is 14.5 Å². The first-order valence-electron chi connectivity index (χ1n) is 5.00. The average molecular weight is 270 g/mol. The topological polar surface area (TPSA) is 51.5 Å². The lowest BCUT2D eigenvalue weighted by molar-refractivity contribution is 0.0996. The van der Waals surface area contributed by atoms with Crippen LogP contribution in [0.2, 0.25) is 5.22 Å². The molecule has 0 saturated carbocycles. The van der Waals surface area contributed by atoms with Crippen LogP contribution in [0.5, 0.6) is 5.75 Å². The van der Waals surface area contributed by atoms with E-state index in [0.717, 1.165) is 0 Å². The monoisotopic (exact) mass is 269 g/mol. The molecular formula is C12H9ClFNO3. The number of nitrogens with one attached hydrogen (secondary N) is 1. The number of rotatable bonds is 3. The van der Waals surface area contributed by atoms with Gasteiger partial charge in [-0.3, -0.25) is 4.79 Å². The second kappa shape index (κ2) is 5.10. The second-order valence-corrected chi connectivity index (χ2v) is 3.78. The SMILES string of the molecule is COc1cc(F)ccc1NC(=O)c1ccc(Cl)o1. The van der Waals surface area contributed by atoms with Gasteiger partial charge in [-0.05, 0) is 35.9 Å². The van der Waals surface area contributed by atoms with Crippen molar-refractivity contribution in [1.29, 1.82) is 0 Å². The Kier molecular flexibility index (Phi) is 3.53. The molecule has 0 aliphatic rings. The van der Waals surface area contributed by atoms with Crippen molar-refractivity contribution in [3.05, 3.63) is 47.1 Å².